The number of amides is 1. The largest absolute Gasteiger partial charge is 0.497 e. The van der Waals surface area contributed by atoms with Crippen molar-refractivity contribution in [3.05, 3.63) is 29.8 Å². The van der Waals surface area contributed by atoms with E-state index in [1.54, 1.807) is 36.3 Å². The zero-order valence-electron chi connectivity index (χ0n) is 11.6. The fourth-order valence-corrected chi connectivity index (χ4v) is 1.69. The van der Waals surface area contributed by atoms with Crippen LogP contribution in [0.3, 0.4) is 0 Å². The van der Waals surface area contributed by atoms with Gasteiger partial charge in [-0.2, -0.15) is 0 Å². The van der Waals surface area contributed by atoms with E-state index in [-0.39, 0.29) is 24.9 Å². The Balaban J connectivity index is 2.78. The van der Waals surface area contributed by atoms with Crippen LogP contribution in [0.25, 0.3) is 0 Å². The highest BCUT2D eigenvalue weighted by atomic mass is 16.5. The van der Waals surface area contributed by atoms with Crippen LogP contribution in [0.15, 0.2) is 24.3 Å². The quantitative estimate of drug-likeness (QED) is 0.748. The van der Waals surface area contributed by atoms with Gasteiger partial charge in [0.1, 0.15) is 5.75 Å². The molecule has 19 heavy (non-hydrogen) atoms. The van der Waals surface area contributed by atoms with E-state index in [1.807, 2.05) is 13.8 Å². The highest BCUT2D eigenvalue weighted by molar-refractivity contribution is 5.98. The summed E-state index contributed by atoms with van der Waals surface area (Å²) in [7, 11) is 1.55. The molecule has 0 unspecified atom stereocenters. The number of nitrogens with two attached hydrogens (primary N) is 1. The number of rotatable bonds is 7. The number of ketones is 1. The number of benzene rings is 1. The van der Waals surface area contributed by atoms with Gasteiger partial charge in [0, 0.05) is 11.6 Å². The lowest BCUT2D eigenvalue weighted by molar-refractivity contribution is -0.119. The summed E-state index contributed by atoms with van der Waals surface area (Å²) in [5.74, 6) is 0.137. The average Bonchev–Trinajstić information content (AvgIpc) is 2.37. The predicted molar refractivity (Wildman–Crippen MR) is 73.2 cm³/mol. The highest BCUT2D eigenvalue weighted by Crippen LogP contribution is 2.13. The van der Waals surface area contributed by atoms with Crippen molar-refractivity contribution in [3.63, 3.8) is 0 Å². The number of Topliss-reactive ketones (excluding diaryl/α,β-unsaturated/α-hetero) is 1. The molecular formula is C14H20N2O3. The second kappa shape index (κ2) is 6.89. The lowest BCUT2D eigenvalue weighted by Crippen LogP contribution is -2.41. The molecular weight excluding hydrogens is 244 g/mol. The van der Waals surface area contributed by atoms with Crippen LogP contribution in [-0.2, 0) is 4.79 Å². The number of primary amides is 1. The number of hydrogen-bond acceptors (Lipinski definition) is 4. The first-order valence-corrected chi connectivity index (χ1v) is 6.13. The smallest absolute Gasteiger partial charge is 0.231 e. The molecule has 0 aromatic heterocycles. The Labute approximate surface area is 113 Å². The molecule has 0 aliphatic carbocycles. The van der Waals surface area contributed by atoms with Crippen LogP contribution in [0.1, 0.15) is 24.2 Å². The van der Waals surface area contributed by atoms with Crippen LogP contribution < -0.4 is 10.5 Å². The van der Waals surface area contributed by atoms with Crippen LogP contribution in [0.4, 0.5) is 0 Å². The van der Waals surface area contributed by atoms with Gasteiger partial charge >= 0.3 is 0 Å². The normalized spacial score (nSPS) is 10.8. The topological polar surface area (TPSA) is 72.6 Å². The number of ether oxygens (including phenoxy) is 1. The molecule has 1 amide bonds. The molecule has 0 fully saturated rings. The Bertz CT molecular complexity index is 458. The summed E-state index contributed by atoms with van der Waals surface area (Å²) in [4.78, 5) is 24.9. The van der Waals surface area contributed by atoms with E-state index in [0.29, 0.717) is 11.3 Å². The number of carbonyl (C=O) groups excluding carboxylic acids is 2. The molecule has 5 nitrogen and oxygen atoms in total. The molecule has 0 aliphatic heterocycles. The minimum Gasteiger partial charge on any atom is -0.497 e. The molecule has 1 aromatic carbocycles. The molecule has 0 heterocycles. The monoisotopic (exact) mass is 264 g/mol. The first-order chi connectivity index (χ1) is 8.93. The molecule has 104 valence electrons. The fraction of sp³-hybridized carbons (Fsp3) is 0.429. The van der Waals surface area contributed by atoms with Gasteiger partial charge in [-0.3, -0.25) is 14.5 Å². The Morgan fingerprint density at radius 2 is 2.00 bits per heavy atom. The van der Waals surface area contributed by atoms with Gasteiger partial charge in [0.2, 0.25) is 5.91 Å². The van der Waals surface area contributed by atoms with E-state index in [0.717, 1.165) is 0 Å². The third-order valence-corrected chi connectivity index (χ3v) is 2.83. The summed E-state index contributed by atoms with van der Waals surface area (Å²) >= 11 is 0. The summed E-state index contributed by atoms with van der Waals surface area (Å²) in [6.45, 7) is 4.07. The first-order valence-electron chi connectivity index (χ1n) is 6.13. The third-order valence-electron chi connectivity index (χ3n) is 2.83. The minimum absolute atomic E-state index is 0.0612. The molecule has 0 saturated carbocycles. The van der Waals surface area contributed by atoms with Crippen LogP contribution >= 0.6 is 0 Å². The zero-order valence-corrected chi connectivity index (χ0v) is 11.6. The second-order valence-corrected chi connectivity index (χ2v) is 4.62. The maximum absolute atomic E-state index is 12.2. The molecule has 5 heteroatoms. The summed E-state index contributed by atoms with van der Waals surface area (Å²) in [5, 5.41) is 0. The van der Waals surface area contributed by atoms with E-state index in [2.05, 4.69) is 0 Å². The van der Waals surface area contributed by atoms with Gasteiger partial charge in [-0.05, 0) is 26.0 Å². The summed E-state index contributed by atoms with van der Waals surface area (Å²) in [5.41, 5.74) is 5.74. The maximum Gasteiger partial charge on any atom is 0.231 e. The van der Waals surface area contributed by atoms with E-state index in [4.69, 9.17) is 10.5 Å². The van der Waals surface area contributed by atoms with Gasteiger partial charge in [-0.15, -0.1) is 0 Å². The Hall–Kier alpha value is -1.88. The van der Waals surface area contributed by atoms with Crippen LogP contribution in [0, 0.1) is 0 Å². The van der Waals surface area contributed by atoms with Crippen LogP contribution in [0.2, 0.25) is 0 Å². The van der Waals surface area contributed by atoms with Crippen molar-refractivity contribution in [3.8, 4) is 5.75 Å². The van der Waals surface area contributed by atoms with Crippen molar-refractivity contribution in [1.29, 1.82) is 0 Å². The zero-order chi connectivity index (χ0) is 14.4. The number of hydrogen-bond donors (Lipinski definition) is 1. The van der Waals surface area contributed by atoms with E-state index < -0.39 is 5.91 Å². The molecule has 0 saturated heterocycles. The maximum atomic E-state index is 12.2. The standard InChI is InChI=1S/C14H20N2O3/c1-10(2)16(9-14(15)18)8-13(17)11-5-4-6-12(7-11)19-3/h4-7,10H,8-9H2,1-3H3,(H2,15,18). The lowest BCUT2D eigenvalue weighted by Gasteiger charge is -2.24. The molecule has 0 spiro atoms. The van der Waals surface area contributed by atoms with Crippen molar-refractivity contribution in [2.24, 2.45) is 5.73 Å². The molecule has 0 radical (unpaired) electrons. The molecule has 0 aliphatic rings. The third kappa shape index (κ3) is 4.71. The van der Waals surface area contributed by atoms with Crippen LogP contribution in [0.5, 0.6) is 5.75 Å². The van der Waals surface area contributed by atoms with Crippen molar-refractivity contribution in [2.45, 2.75) is 19.9 Å². The first kappa shape index (κ1) is 15.2. The fourth-order valence-electron chi connectivity index (χ4n) is 1.69. The van der Waals surface area contributed by atoms with Gasteiger partial charge in [-0.25, -0.2) is 0 Å². The predicted octanol–water partition coefficient (Wildman–Crippen LogP) is 1.07. The summed E-state index contributed by atoms with van der Waals surface area (Å²) < 4.78 is 5.08. The van der Waals surface area contributed by atoms with Gasteiger partial charge in [0.15, 0.2) is 5.78 Å². The molecule has 0 atom stereocenters. The number of nitrogens with zero attached hydrogens (tertiary/aromatic N) is 1. The Kier molecular flexibility index (Phi) is 5.51. The Morgan fingerprint density at radius 3 is 2.53 bits per heavy atom. The summed E-state index contributed by atoms with van der Waals surface area (Å²) in [6, 6.07) is 7.03. The van der Waals surface area contributed by atoms with Gasteiger partial charge in [0.05, 0.1) is 20.2 Å². The van der Waals surface area contributed by atoms with E-state index in [1.165, 1.54) is 0 Å². The molecule has 1 aromatic rings. The SMILES string of the molecule is COc1cccc(C(=O)CN(CC(N)=O)C(C)C)c1. The van der Waals surface area contributed by atoms with Crippen molar-refractivity contribution < 1.29 is 14.3 Å². The lowest BCUT2D eigenvalue weighted by atomic mass is 10.1. The number of methoxy groups -OCH3 is 1. The van der Waals surface area contributed by atoms with Gasteiger partial charge in [0.25, 0.3) is 0 Å². The van der Waals surface area contributed by atoms with Crippen molar-refractivity contribution >= 4 is 11.7 Å². The number of carbonyl (C=O) groups is 2. The molecule has 2 N–H and O–H groups in total. The van der Waals surface area contributed by atoms with Gasteiger partial charge < -0.3 is 10.5 Å². The molecule has 0 bridgehead atoms. The van der Waals surface area contributed by atoms with Gasteiger partial charge in [-0.1, -0.05) is 12.1 Å². The minimum atomic E-state index is -0.438. The van der Waals surface area contributed by atoms with E-state index in [9.17, 15) is 9.59 Å². The average molecular weight is 264 g/mol. The second-order valence-electron chi connectivity index (χ2n) is 4.62. The van der Waals surface area contributed by atoms with Crippen molar-refractivity contribution in [1.82, 2.24) is 4.90 Å². The van der Waals surface area contributed by atoms with Crippen molar-refractivity contribution in [2.75, 3.05) is 20.2 Å². The van der Waals surface area contributed by atoms with Crippen LogP contribution in [-0.4, -0.2) is 42.8 Å². The highest BCUT2D eigenvalue weighted by Gasteiger charge is 2.17. The Morgan fingerprint density at radius 1 is 1.32 bits per heavy atom. The van der Waals surface area contributed by atoms with E-state index >= 15 is 0 Å². The summed E-state index contributed by atoms with van der Waals surface area (Å²) in [6.07, 6.45) is 0. The molecule has 1 rings (SSSR count).